The number of para-hydroxylation sites is 3. The number of hydrazone groups is 1. The fraction of sp³-hybridized carbons (Fsp3) is 0.140. The molecule has 4 unspecified atom stereocenters. The predicted octanol–water partition coefficient (Wildman–Crippen LogP) is 8.82. The van der Waals surface area contributed by atoms with Gasteiger partial charge in [-0.15, -0.1) is 0 Å². The number of rotatable bonds is 3. The van der Waals surface area contributed by atoms with E-state index in [4.69, 9.17) is 21.6 Å². The average molecular weight is 650 g/mol. The Balaban J connectivity index is 1.24. The van der Waals surface area contributed by atoms with E-state index < -0.39 is 0 Å². The summed E-state index contributed by atoms with van der Waals surface area (Å²) in [6.07, 6.45) is 1.70. The van der Waals surface area contributed by atoms with Gasteiger partial charge in [0, 0.05) is 41.0 Å². The number of aryl methyl sites for hydroxylation is 1. The molecule has 6 aromatic rings. The van der Waals surface area contributed by atoms with E-state index in [1.807, 2.05) is 6.20 Å². The van der Waals surface area contributed by atoms with Crippen LogP contribution in [0.25, 0.3) is 17.0 Å². The van der Waals surface area contributed by atoms with Gasteiger partial charge in [-0.05, 0) is 47.9 Å². The number of hydrogen-bond donors (Lipinski definition) is 0. The molecule has 0 N–H and O–H groups in total. The first-order valence-corrected chi connectivity index (χ1v) is 17.2. The normalized spacial score (nSPS) is 21.4. The van der Waals surface area contributed by atoms with E-state index in [2.05, 4.69) is 167 Å². The quantitative estimate of drug-likeness (QED) is 0.191. The largest absolute Gasteiger partial charge is 0.349 e. The van der Waals surface area contributed by atoms with Gasteiger partial charge in [-0.1, -0.05) is 116 Å². The Morgan fingerprint density at radius 2 is 1.30 bits per heavy atom. The number of anilines is 5. The summed E-state index contributed by atoms with van der Waals surface area (Å²) in [5.74, 6) is 2.53. The molecular formula is C43H35N7. The molecule has 242 valence electrons. The van der Waals surface area contributed by atoms with Crippen LogP contribution in [0.15, 0.2) is 151 Å². The van der Waals surface area contributed by atoms with Crippen molar-refractivity contribution in [3.63, 3.8) is 0 Å². The molecule has 0 fully saturated rings. The molecule has 0 aliphatic carbocycles. The molecule has 7 nitrogen and oxygen atoms in total. The zero-order valence-corrected chi connectivity index (χ0v) is 27.9. The topological polar surface area (TPSA) is 51.1 Å². The summed E-state index contributed by atoms with van der Waals surface area (Å²) in [6, 6.07) is 47.1. The maximum Gasteiger partial charge on any atom is 0.162 e. The first-order valence-electron chi connectivity index (χ1n) is 17.2. The molecule has 0 amide bonds. The van der Waals surface area contributed by atoms with Gasteiger partial charge in [0.1, 0.15) is 18.0 Å². The molecule has 5 heterocycles. The Morgan fingerprint density at radius 1 is 0.640 bits per heavy atom. The highest BCUT2D eigenvalue weighted by molar-refractivity contribution is 6.13. The second-order valence-electron chi connectivity index (χ2n) is 13.5. The number of hydrogen-bond acceptors (Lipinski definition) is 7. The summed E-state index contributed by atoms with van der Waals surface area (Å²) in [5.41, 5.74) is 11.1. The Hall–Kier alpha value is -6.21. The van der Waals surface area contributed by atoms with E-state index >= 15 is 0 Å². The van der Waals surface area contributed by atoms with Crippen molar-refractivity contribution in [2.75, 3.05) is 26.8 Å². The zero-order valence-electron chi connectivity index (χ0n) is 27.9. The van der Waals surface area contributed by atoms with Crippen LogP contribution in [-0.2, 0) is 0 Å². The molecule has 0 radical (unpaired) electrons. The lowest BCUT2D eigenvalue weighted by atomic mass is 9.72. The van der Waals surface area contributed by atoms with Crippen molar-refractivity contribution in [2.45, 2.75) is 25.2 Å². The van der Waals surface area contributed by atoms with Crippen LogP contribution in [0.3, 0.4) is 0 Å². The third-order valence-electron chi connectivity index (χ3n) is 10.9. The third kappa shape index (κ3) is 4.00. The van der Waals surface area contributed by atoms with Crippen molar-refractivity contribution in [1.29, 1.82) is 0 Å². The van der Waals surface area contributed by atoms with Crippen molar-refractivity contribution < 1.29 is 0 Å². The molecule has 4 aliphatic rings. The van der Waals surface area contributed by atoms with Gasteiger partial charge >= 0.3 is 0 Å². The number of nitrogens with zero attached hydrogens (tertiary/aromatic N) is 7. The number of allylic oxidation sites excluding steroid dienone is 1. The van der Waals surface area contributed by atoms with Gasteiger partial charge in [-0.3, -0.25) is 0 Å². The summed E-state index contributed by atoms with van der Waals surface area (Å²) in [6.45, 7) is 7.01. The van der Waals surface area contributed by atoms with E-state index in [9.17, 15) is 0 Å². The maximum atomic E-state index is 5.54. The Labute approximate surface area is 292 Å². The van der Waals surface area contributed by atoms with E-state index in [1.54, 1.807) is 0 Å². The minimum Gasteiger partial charge on any atom is -0.349 e. The summed E-state index contributed by atoms with van der Waals surface area (Å²) < 4.78 is 0. The molecular weight excluding hydrogens is 615 g/mol. The zero-order chi connectivity index (χ0) is 33.5. The Kier molecular flexibility index (Phi) is 6.27. The second-order valence-corrected chi connectivity index (χ2v) is 13.5. The highest BCUT2D eigenvalue weighted by Gasteiger charge is 2.58. The molecule has 10 rings (SSSR count). The lowest BCUT2D eigenvalue weighted by Gasteiger charge is -2.50. The molecule has 0 bridgehead atoms. The lowest BCUT2D eigenvalue weighted by Crippen LogP contribution is -2.60. The van der Waals surface area contributed by atoms with E-state index in [1.165, 1.54) is 5.56 Å². The Bertz CT molecular complexity index is 2340. The monoisotopic (exact) mass is 649 g/mol. The number of amidine groups is 1. The van der Waals surface area contributed by atoms with E-state index in [0.29, 0.717) is 0 Å². The van der Waals surface area contributed by atoms with E-state index in [0.717, 1.165) is 68.1 Å². The first kappa shape index (κ1) is 28.8. The highest BCUT2D eigenvalue weighted by Crippen LogP contribution is 2.60. The molecule has 5 aromatic carbocycles. The van der Waals surface area contributed by atoms with Crippen molar-refractivity contribution in [3.8, 4) is 11.4 Å². The fourth-order valence-corrected chi connectivity index (χ4v) is 8.71. The number of benzene rings is 5. The number of aromatic nitrogens is 2. The van der Waals surface area contributed by atoms with Crippen LogP contribution in [0.5, 0.6) is 0 Å². The molecule has 1 aromatic heterocycles. The average Bonchev–Trinajstić information content (AvgIpc) is 3.67. The molecule has 4 atom stereocenters. The first-order chi connectivity index (χ1) is 24.6. The summed E-state index contributed by atoms with van der Waals surface area (Å²) in [5, 5.41) is 7.81. The third-order valence-corrected chi connectivity index (χ3v) is 10.9. The molecule has 7 heteroatoms. The SMILES string of the molecule is C=C1c2ccccc2N2N=C(c3ccccc3)N(c3ccccc3)C2C2C1c1ccccc1N1c3nc(-c4ccccc4C)ncc3N(C)C21. The van der Waals surface area contributed by atoms with Crippen LogP contribution in [0, 0.1) is 12.8 Å². The molecule has 0 spiro atoms. The molecule has 50 heavy (non-hydrogen) atoms. The summed E-state index contributed by atoms with van der Waals surface area (Å²) in [4.78, 5) is 17.6. The van der Waals surface area contributed by atoms with Crippen molar-refractivity contribution in [1.82, 2.24) is 9.97 Å². The van der Waals surface area contributed by atoms with Gasteiger partial charge in [0.15, 0.2) is 17.5 Å². The molecule has 4 aliphatic heterocycles. The van der Waals surface area contributed by atoms with Crippen LogP contribution in [0.1, 0.15) is 28.2 Å². The predicted molar refractivity (Wildman–Crippen MR) is 203 cm³/mol. The van der Waals surface area contributed by atoms with Crippen molar-refractivity contribution in [3.05, 3.63) is 168 Å². The van der Waals surface area contributed by atoms with Gasteiger partial charge < -0.3 is 14.7 Å². The van der Waals surface area contributed by atoms with Crippen molar-refractivity contribution in [2.24, 2.45) is 11.0 Å². The summed E-state index contributed by atoms with van der Waals surface area (Å²) >= 11 is 0. The van der Waals surface area contributed by atoms with Crippen LogP contribution in [0.2, 0.25) is 0 Å². The minimum absolute atomic E-state index is 0.0132. The highest BCUT2D eigenvalue weighted by atomic mass is 15.6. The van der Waals surface area contributed by atoms with Gasteiger partial charge in [0.05, 0.1) is 17.8 Å². The maximum absolute atomic E-state index is 5.54. The molecule has 0 saturated carbocycles. The van der Waals surface area contributed by atoms with Gasteiger partial charge in [-0.25, -0.2) is 15.0 Å². The standard InChI is InChI=1S/C43H35N7/c1-27-16-10-11-21-31(27)39-44-26-36-41(45-39)49-34-24-14-13-23-33(34)37-28(2)32-22-12-15-25-35(32)50-43(38(37)42(49)47(36)3)48(30-19-8-5-9-20-30)40(46-50)29-17-6-4-7-18-29/h4-26,37-38,42-43H,2H2,1,3H3. The van der Waals surface area contributed by atoms with Gasteiger partial charge in [0.25, 0.3) is 0 Å². The van der Waals surface area contributed by atoms with Crippen LogP contribution >= 0.6 is 0 Å². The fourth-order valence-electron chi connectivity index (χ4n) is 8.71. The van der Waals surface area contributed by atoms with Gasteiger partial charge in [-0.2, -0.15) is 5.10 Å². The minimum atomic E-state index is -0.195. The van der Waals surface area contributed by atoms with E-state index in [-0.39, 0.29) is 24.2 Å². The lowest BCUT2D eigenvalue weighted by molar-refractivity contribution is 0.318. The van der Waals surface area contributed by atoms with Crippen LogP contribution in [0.4, 0.5) is 28.6 Å². The van der Waals surface area contributed by atoms with Crippen molar-refractivity contribution >= 4 is 40.0 Å². The number of fused-ring (bicyclic) bond motifs is 12. The Morgan fingerprint density at radius 3 is 2.08 bits per heavy atom. The summed E-state index contributed by atoms with van der Waals surface area (Å²) in [7, 11) is 2.19. The van der Waals surface area contributed by atoms with Crippen LogP contribution < -0.4 is 19.7 Å². The second kappa shape index (κ2) is 10.9. The smallest absolute Gasteiger partial charge is 0.162 e. The van der Waals surface area contributed by atoms with Crippen LogP contribution in [-0.4, -0.2) is 35.2 Å². The van der Waals surface area contributed by atoms with Gasteiger partial charge in [0.2, 0.25) is 0 Å². The molecule has 0 saturated heterocycles.